The zero-order valence-electron chi connectivity index (χ0n) is 4.20. The molecule has 0 aromatic rings. The van der Waals surface area contributed by atoms with E-state index in [-0.39, 0.29) is 21.1 Å². The number of nitrogens with zero attached hydrogens (tertiary/aromatic N) is 4. The fourth-order valence-electron chi connectivity index (χ4n) is 0. The van der Waals surface area contributed by atoms with Crippen LogP contribution >= 0.6 is 0 Å². The van der Waals surface area contributed by atoms with E-state index in [9.17, 15) is 0 Å². The van der Waals surface area contributed by atoms with E-state index in [1.807, 2.05) is 0 Å². The molecule has 0 aliphatic carbocycles. The molecular weight excluding hydrogens is 200 g/mol. The maximum Gasteiger partial charge on any atom is 0 e. The fraction of sp³-hybridized carbons (Fsp3) is 0. The summed E-state index contributed by atoms with van der Waals surface area (Å²) in [7, 11) is 0. The molecule has 9 heavy (non-hydrogen) atoms. The second-order valence-corrected chi connectivity index (χ2v) is 0. The van der Waals surface area contributed by atoms with Crippen LogP contribution in [0, 0.1) is 47.3 Å². The van der Waals surface area contributed by atoms with Crippen LogP contribution in [0.5, 0.6) is 0 Å². The molecule has 0 aromatic carbocycles. The predicted octanol–water partition coefficient (Wildman–Crippen LogP) is 0.383. The SMILES string of the molecule is [C-]#N.[C-]#N.[C-]#N.[C-]#N.[Mo]. The maximum absolute atomic E-state index is 6.25. The average Bonchev–Trinajstić information content (AvgIpc) is 2.03. The van der Waals surface area contributed by atoms with Crippen LogP contribution in [-0.4, -0.2) is 0 Å². The first kappa shape index (κ1) is 48.2. The van der Waals surface area contributed by atoms with Crippen molar-refractivity contribution in [3.05, 3.63) is 26.3 Å². The summed E-state index contributed by atoms with van der Waals surface area (Å²) in [5, 5.41) is 25.0. The largest absolute Gasteiger partial charge is 0.512 e. The Balaban J connectivity index is -0.00000000762. The Labute approximate surface area is 68.8 Å². The number of hydrogen-bond acceptors (Lipinski definition) is 4. The van der Waals surface area contributed by atoms with Crippen LogP contribution in [0.2, 0.25) is 0 Å². The first-order chi connectivity index (χ1) is 4.00. The van der Waals surface area contributed by atoms with Gasteiger partial charge < -0.3 is 47.3 Å². The molecule has 0 rings (SSSR count). The first-order valence-corrected chi connectivity index (χ1v) is 0.894. The van der Waals surface area contributed by atoms with Crippen molar-refractivity contribution in [3.8, 4) is 0 Å². The third-order valence-corrected chi connectivity index (χ3v) is 0. The Morgan fingerprint density at radius 3 is 0.444 bits per heavy atom. The van der Waals surface area contributed by atoms with Gasteiger partial charge in [-0.2, -0.15) is 0 Å². The molecule has 0 N–H and O–H groups in total. The van der Waals surface area contributed by atoms with Crippen molar-refractivity contribution < 1.29 is 21.1 Å². The standard InChI is InChI=1S/4CN.Mo/c4*1-2;/q4*-1;. The quantitative estimate of drug-likeness (QED) is 0.417. The average molecular weight is 200 g/mol. The van der Waals surface area contributed by atoms with E-state index in [4.69, 9.17) is 47.3 Å². The van der Waals surface area contributed by atoms with Crippen LogP contribution in [-0.2, 0) is 21.1 Å². The van der Waals surface area contributed by atoms with Gasteiger partial charge in [0, 0.05) is 21.1 Å². The van der Waals surface area contributed by atoms with E-state index in [1.54, 1.807) is 0 Å². The summed E-state index contributed by atoms with van der Waals surface area (Å²) >= 11 is 0. The van der Waals surface area contributed by atoms with E-state index < -0.39 is 0 Å². The van der Waals surface area contributed by atoms with Crippen LogP contribution in [0.4, 0.5) is 0 Å². The Kier molecular flexibility index (Phi) is 622. The Bertz CT molecular complexity index is 55.5. The van der Waals surface area contributed by atoms with Crippen molar-refractivity contribution in [1.29, 1.82) is 21.0 Å². The van der Waals surface area contributed by atoms with Crippen LogP contribution in [0.15, 0.2) is 0 Å². The minimum atomic E-state index is 0. The van der Waals surface area contributed by atoms with E-state index in [1.165, 1.54) is 0 Å². The summed E-state index contributed by atoms with van der Waals surface area (Å²) in [4.78, 5) is 0. The van der Waals surface area contributed by atoms with Crippen molar-refractivity contribution >= 4 is 0 Å². The second-order valence-electron chi connectivity index (χ2n) is 0. The molecule has 0 saturated carbocycles. The second kappa shape index (κ2) is 116. The van der Waals surface area contributed by atoms with Gasteiger partial charge in [-0.05, 0) is 0 Å². The predicted molar refractivity (Wildman–Crippen MR) is 19.9 cm³/mol. The van der Waals surface area contributed by atoms with Crippen molar-refractivity contribution in [3.63, 3.8) is 0 Å². The molecule has 4 nitrogen and oxygen atoms in total. The number of hydrogen-bond donors (Lipinski definition) is 0. The minimum Gasteiger partial charge on any atom is -0.512 e. The molecule has 0 unspecified atom stereocenters. The van der Waals surface area contributed by atoms with Crippen molar-refractivity contribution in [2.24, 2.45) is 0 Å². The third kappa shape index (κ3) is 78.6. The monoisotopic (exact) mass is 202 g/mol. The molecule has 0 aromatic heterocycles. The van der Waals surface area contributed by atoms with Gasteiger partial charge in [0.1, 0.15) is 0 Å². The van der Waals surface area contributed by atoms with Crippen LogP contribution in [0.3, 0.4) is 0 Å². The van der Waals surface area contributed by atoms with Crippen LogP contribution < -0.4 is 0 Å². The van der Waals surface area contributed by atoms with Gasteiger partial charge in [0.2, 0.25) is 0 Å². The van der Waals surface area contributed by atoms with E-state index in [0.29, 0.717) is 0 Å². The summed E-state index contributed by atoms with van der Waals surface area (Å²) < 4.78 is 0. The fourth-order valence-corrected chi connectivity index (χ4v) is 0. The van der Waals surface area contributed by atoms with E-state index >= 15 is 0 Å². The molecule has 0 aliphatic rings. The summed E-state index contributed by atoms with van der Waals surface area (Å²) in [6.45, 7) is 19.0. The molecule has 0 radical (unpaired) electrons. The summed E-state index contributed by atoms with van der Waals surface area (Å²) in [6.07, 6.45) is 0. The molecule has 0 fully saturated rings. The zero-order chi connectivity index (χ0) is 8.00. The molecule has 0 spiro atoms. The molecule has 0 amide bonds. The van der Waals surface area contributed by atoms with Crippen LogP contribution in [0.25, 0.3) is 0 Å². The Morgan fingerprint density at radius 1 is 0.444 bits per heavy atom. The van der Waals surface area contributed by atoms with Gasteiger partial charge in [-0.1, -0.05) is 0 Å². The van der Waals surface area contributed by atoms with E-state index in [2.05, 4.69) is 0 Å². The molecule has 0 bridgehead atoms. The van der Waals surface area contributed by atoms with Crippen LogP contribution in [0.1, 0.15) is 0 Å². The Morgan fingerprint density at radius 2 is 0.444 bits per heavy atom. The molecular formula is C4MoN4-4. The minimum absolute atomic E-state index is 0. The van der Waals surface area contributed by atoms with Gasteiger partial charge in [-0.3, -0.25) is 0 Å². The molecule has 46 valence electrons. The maximum atomic E-state index is 6.25. The van der Waals surface area contributed by atoms with Gasteiger partial charge in [0.15, 0.2) is 0 Å². The van der Waals surface area contributed by atoms with Gasteiger partial charge in [0.05, 0.1) is 0 Å². The number of rotatable bonds is 0. The first-order valence-electron chi connectivity index (χ1n) is 0.894. The third-order valence-electron chi connectivity index (χ3n) is 0. The Hall–Kier alpha value is -1.35. The smallest absolute Gasteiger partial charge is 0 e. The van der Waals surface area contributed by atoms with Crippen molar-refractivity contribution in [2.45, 2.75) is 0 Å². The summed E-state index contributed by atoms with van der Waals surface area (Å²) in [5.41, 5.74) is 0. The molecule has 0 aliphatic heterocycles. The van der Waals surface area contributed by atoms with Crippen molar-refractivity contribution in [2.75, 3.05) is 0 Å². The van der Waals surface area contributed by atoms with Crippen molar-refractivity contribution in [1.82, 2.24) is 0 Å². The molecule has 0 atom stereocenters. The molecule has 0 saturated heterocycles. The van der Waals surface area contributed by atoms with Gasteiger partial charge in [0.25, 0.3) is 0 Å². The normalized spacial score (nSPS) is 0.889. The molecule has 0 heterocycles. The van der Waals surface area contributed by atoms with Gasteiger partial charge in [-0.15, -0.1) is 0 Å². The zero-order valence-corrected chi connectivity index (χ0v) is 6.20. The van der Waals surface area contributed by atoms with Gasteiger partial charge >= 0.3 is 0 Å². The summed E-state index contributed by atoms with van der Waals surface area (Å²) in [6, 6.07) is 0. The molecule has 5 heteroatoms. The van der Waals surface area contributed by atoms with Gasteiger partial charge in [-0.25, -0.2) is 0 Å². The summed E-state index contributed by atoms with van der Waals surface area (Å²) in [5.74, 6) is 0. The topological polar surface area (TPSA) is 95.2 Å². The van der Waals surface area contributed by atoms with E-state index in [0.717, 1.165) is 0 Å².